The zero-order chi connectivity index (χ0) is 21.4. The molecule has 0 bridgehead atoms. The molecular formula is C29H22N2Si. The summed E-state index contributed by atoms with van der Waals surface area (Å²) in [7, 11) is -1.79. The maximum atomic E-state index is 5.09. The second kappa shape index (κ2) is 6.18. The maximum absolute atomic E-state index is 5.09. The summed E-state index contributed by atoms with van der Waals surface area (Å²) in [6, 6.07) is 33.1. The minimum atomic E-state index is -1.79. The molecular weight excluding hydrogens is 404 g/mol. The standard InChI is InChI=1S/C29H22N2Si/c1-32(2)24-16-8-14-22-26(24)27-23(15-9-17-25(27)32)31(20-11-4-3-5-12-20)29-21-13-7-6-10-19(21)18-30-28(22)29/h3-18H,1-2H3. The third-order valence-electron chi connectivity index (χ3n) is 7.21. The van der Waals surface area contributed by atoms with Gasteiger partial charge in [-0.25, -0.2) is 0 Å². The Bertz CT molecular complexity index is 1550. The number of hydrogen-bond acceptors (Lipinski definition) is 2. The Labute approximate surface area is 188 Å². The van der Waals surface area contributed by atoms with Gasteiger partial charge in [-0.05, 0) is 34.1 Å². The smallest absolute Gasteiger partial charge is 0.113 e. The van der Waals surface area contributed by atoms with Crippen molar-refractivity contribution in [3.63, 3.8) is 0 Å². The van der Waals surface area contributed by atoms with Crippen LogP contribution >= 0.6 is 0 Å². The first-order valence-corrected chi connectivity index (χ1v) is 14.2. The maximum Gasteiger partial charge on any atom is 0.113 e. The van der Waals surface area contributed by atoms with Crippen molar-refractivity contribution in [1.82, 2.24) is 4.98 Å². The SMILES string of the molecule is C[Si]1(C)c2cccc3c2-c2c(cccc21)N(c1ccccc1)c1c-3ncc2ccccc12. The first-order valence-electron chi connectivity index (χ1n) is 11.2. The lowest BCUT2D eigenvalue weighted by atomic mass is 9.96. The van der Waals surface area contributed by atoms with Crippen LogP contribution in [0.1, 0.15) is 0 Å². The van der Waals surface area contributed by atoms with Gasteiger partial charge in [0.05, 0.1) is 17.1 Å². The highest BCUT2D eigenvalue weighted by Gasteiger charge is 2.43. The second-order valence-electron chi connectivity index (χ2n) is 9.27. The minimum Gasteiger partial charge on any atom is -0.307 e. The number of rotatable bonds is 1. The van der Waals surface area contributed by atoms with Gasteiger partial charge in [-0.1, -0.05) is 85.9 Å². The lowest BCUT2D eigenvalue weighted by molar-refractivity contribution is 1.27. The molecule has 32 heavy (non-hydrogen) atoms. The highest BCUT2D eigenvalue weighted by molar-refractivity contribution is 7.04. The number of anilines is 3. The molecule has 0 N–H and O–H groups in total. The molecule has 0 fully saturated rings. The average molecular weight is 427 g/mol. The molecule has 2 aliphatic heterocycles. The van der Waals surface area contributed by atoms with Gasteiger partial charge in [-0.3, -0.25) is 4.98 Å². The zero-order valence-electron chi connectivity index (χ0n) is 18.1. The fraction of sp³-hybridized carbons (Fsp3) is 0.0690. The fourth-order valence-electron chi connectivity index (χ4n) is 5.73. The van der Waals surface area contributed by atoms with E-state index in [1.807, 2.05) is 6.20 Å². The molecule has 0 saturated heterocycles. The summed E-state index contributed by atoms with van der Waals surface area (Å²) in [4.78, 5) is 7.54. The van der Waals surface area contributed by atoms with E-state index in [0.29, 0.717) is 0 Å². The van der Waals surface area contributed by atoms with Gasteiger partial charge < -0.3 is 4.90 Å². The number of pyridine rings is 1. The van der Waals surface area contributed by atoms with E-state index < -0.39 is 8.07 Å². The molecule has 1 aromatic heterocycles. The lowest BCUT2D eigenvalue weighted by Gasteiger charge is -2.29. The van der Waals surface area contributed by atoms with Gasteiger partial charge in [0, 0.05) is 33.8 Å². The molecule has 3 heterocycles. The number of para-hydroxylation sites is 1. The number of fused-ring (bicyclic) bond motifs is 4. The van der Waals surface area contributed by atoms with Gasteiger partial charge >= 0.3 is 0 Å². The van der Waals surface area contributed by atoms with Crippen LogP contribution in [0, 0.1) is 0 Å². The van der Waals surface area contributed by atoms with E-state index >= 15 is 0 Å². The Morgan fingerprint density at radius 1 is 0.688 bits per heavy atom. The Balaban J connectivity index is 1.74. The molecule has 0 atom stereocenters. The molecule has 0 amide bonds. The number of aromatic nitrogens is 1. The quantitative estimate of drug-likeness (QED) is 0.279. The monoisotopic (exact) mass is 426 g/mol. The topological polar surface area (TPSA) is 16.1 Å². The van der Waals surface area contributed by atoms with Crippen molar-refractivity contribution in [2.75, 3.05) is 4.90 Å². The molecule has 2 aliphatic rings. The molecule has 4 aromatic carbocycles. The Hall–Kier alpha value is -3.69. The number of hydrogen-bond donors (Lipinski definition) is 0. The predicted octanol–water partition coefficient (Wildman–Crippen LogP) is 6.49. The lowest BCUT2D eigenvalue weighted by Crippen LogP contribution is -2.49. The molecule has 0 aliphatic carbocycles. The predicted molar refractivity (Wildman–Crippen MR) is 138 cm³/mol. The molecule has 0 radical (unpaired) electrons. The van der Waals surface area contributed by atoms with Crippen molar-refractivity contribution in [3.05, 3.63) is 97.2 Å². The zero-order valence-corrected chi connectivity index (χ0v) is 19.1. The Kier molecular flexibility index (Phi) is 3.46. The van der Waals surface area contributed by atoms with E-state index in [9.17, 15) is 0 Å². The second-order valence-corrected chi connectivity index (χ2v) is 13.6. The van der Waals surface area contributed by atoms with Crippen LogP contribution in [0.4, 0.5) is 17.1 Å². The molecule has 0 unspecified atom stereocenters. The van der Waals surface area contributed by atoms with Crippen molar-refractivity contribution in [1.29, 1.82) is 0 Å². The van der Waals surface area contributed by atoms with Crippen LogP contribution in [0.2, 0.25) is 13.1 Å². The number of benzene rings is 4. The molecule has 5 aromatic rings. The third-order valence-corrected chi connectivity index (χ3v) is 10.7. The van der Waals surface area contributed by atoms with Crippen LogP contribution in [0.15, 0.2) is 97.2 Å². The summed E-state index contributed by atoms with van der Waals surface area (Å²) in [6.45, 7) is 4.96. The molecule has 0 saturated carbocycles. The first-order chi connectivity index (χ1) is 15.7. The van der Waals surface area contributed by atoms with Gasteiger partial charge in [0.15, 0.2) is 0 Å². The van der Waals surface area contributed by atoms with Crippen LogP contribution in [0.25, 0.3) is 33.2 Å². The largest absolute Gasteiger partial charge is 0.307 e. The molecule has 7 rings (SSSR count). The van der Waals surface area contributed by atoms with E-state index in [1.165, 1.54) is 49.5 Å². The highest BCUT2D eigenvalue weighted by Crippen LogP contribution is 2.53. The summed E-state index contributed by atoms with van der Waals surface area (Å²) in [5.74, 6) is 0. The van der Waals surface area contributed by atoms with Crippen molar-refractivity contribution in [2.45, 2.75) is 13.1 Å². The van der Waals surface area contributed by atoms with Crippen LogP contribution < -0.4 is 15.3 Å². The van der Waals surface area contributed by atoms with Crippen LogP contribution in [0.3, 0.4) is 0 Å². The van der Waals surface area contributed by atoms with Crippen LogP contribution in [-0.4, -0.2) is 13.1 Å². The van der Waals surface area contributed by atoms with E-state index in [-0.39, 0.29) is 0 Å². The summed E-state index contributed by atoms with van der Waals surface area (Å²) >= 11 is 0. The van der Waals surface area contributed by atoms with Crippen molar-refractivity contribution >= 4 is 46.3 Å². The Morgan fingerprint density at radius 2 is 1.41 bits per heavy atom. The van der Waals surface area contributed by atoms with Crippen LogP contribution in [0.5, 0.6) is 0 Å². The molecule has 152 valence electrons. The van der Waals surface area contributed by atoms with Crippen molar-refractivity contribution < 1.29 is 0 Å². The van der Waals surface area contributed by atoms with Crippen molar-refractivity contribution in [2.24, 2.45) is 0 Å². The summed E-state index contributed by atoms with van der Waals surface area (Å²) in [5.41, 5.74) is 8.73. The van der Waals surface area contributed by atoms with Gasteiger partial charge in [0.1, 0.15) is 8.07 Å². The first kappa shape index (κ1) is 17.9. The normalized spacial score (nSPS) is 14.8. The molecule has 3 heteroatoms. The van der Waals surface area contributed by atoms with Gasteiger partial charge in [0.25, 0.3) is 0 Å². The number of nitrogens with zero attached hydrogens (tertiary/aromatic N) is 2. The van der Waals surface area contributed by atoms with Gasteiger partial charge in [-0.15, -0.1) is 0 Å². The van der Waals surface area contributed by atoms with Gasteiger partial charge in [-0.2, -0.15) is 0 Å². The van der Waals surface area contributed by atoms with Gasteiger partial charge in [0.2, 0.25) is 0 Å². The summed E-state index contributed by atoms with van der Waals surface area (Å²) < 4.78 is 0. The molecule has 0 spiro atoms. The summed E-state index contributed by atoms with van der Waals surface area (Å²) in [5, 5.41) is 5.44. The van der Waals surface area contributed by atoms with E-state index in [0.717, 1.165) is 11.1 Å². The summed E-state index contributed by atoms with van der Waals surface area (Å²) in [6.07, 6.45) is 2.03. The highest BCUT2D eigenvalue weighted by atomic mass is 28.3. The van der Waals surface area contributed by atoms with E-state index in [2.05, 4.69) is 109 Å². The fourth-order valence-corrected chi connectivity index (χ4v) is 8.81. The van der Waals surface area contributed by atoms with E-state index in [1.54, 1.807) is 0 Å². The Morgan fingerprint density at radius 3 is 2.25 bits per heavy atom. The van der Waals surface area contributed by atoms with Crippen LogP contribution in [-0.2, 0) is 0 Å². The van der Waals surface area contributed by atoms with E-state index in [4.69, 9.17) is 4.98 Å². The third kappa shape index (κ3) is 2.16. The van der Waals surface area contributed by atoms with Crippen molar-refractivity contribution in [3.8, 4) is 22.4 Å². The average Bonchev–Trinajstić information content (AvgIpc) is 2.99. The molecule has 2 nitrogen and oxygen atoms in total. The minimum absolute atomic E-state index is 1.07.